The first-order valence-electron chi connectivity index (χ1n) is 4.64. The Labute approximate surface area is 85.6 Å². The first kappa shape index (κ1) is 10.5. The van der Waals surface area contributed by atoms with Crippen LogP contribution in [-0.4, -0.2) is 24.8 Å². The summed E-state index contributed by atoms with van der Waals surface area (Å²) >= 11 is 0. The quantitative estimate of drug-likeness (QED) is 0.526. The summed E-state index contributed by atoms with van der Waals surface area (Å²) < 4.78 is 0. The molecule has 0 aliphatic heterocycles. The Morgan fingerprint density at radius 2 is 1.86 bits per heavy atom. The smallest absolute Gasteiger partial charge is 0.0574 e. The van der Waals surface area contributed by atoms with E-state index in [9.17, 15) is 0 Å². The molecule has 1 aromatic rings. The third-order valence-corrected chi connectivity index (χ3v) is 1.67. The van der Waals surface area contributed by atoms with Crippen LogP contribution in [0.5, 0.6) is 0 Å². The van der Waals surface area contributed by atoms with E-state index in [0.717, 1.165) is 5.71 Å². The van der Waals surface area contributed by atoms with Crippen molar-refractivity contribution in [3.8, 4) is 0 Å². The minimum Gasteiger partial charge on any atom is -0.303 e. The van der Waals surface area contributed by atoms with Crippen molar-refractivity contribution in [1.82, 2.24) is 5.01 Å². The summed E-state index contributed by atoms with van der Waals surface area (Å²) in [5.41, 5.74) is 2.19. The summed E-state index contributed by atoms with van der Waals surface area (Å²) in [5, 5.41) is 6.05. The van der Waals surface area contributed by atoms with Crippen LogP contribution in [0.3, 0.4) is 0 Å². The molecule has 0 saturated carbocycles. The summed E-state index contributed by atoms with van der Waals surface area (Å²) in [5.74, 6) is 0. The Kier molecular flexibility index (Phi) is 3.92. The molecule has 0 radical (unpaired) electrons. The maximum absolute atomic E-state index is 4.26. The normalized spacial score (nSPS) is 12.1. The second kappa shape index (κ2) is 5.22. The Bertz CT molecular complexity index is 323. The van der Waals surface area contributed by atoms with Crippen molar-refractivity contribution in [3.63, 3.8) is 0 Å². The van der Waals surface area contributed by atoms with E-state index in [-0.39, 0.29) is 0 Å². The number of benzene rings is 1. The predicted molar refractivity (Wildman–Crippen MR) is 62.3 cm³/mol. The second-order valence-electron chi connectivity index (χ2n) is 3.33. The molecule has 74 valence electrons. The number of allylic oxidation sites excluding steroid dienone is 1. The molecule has 14 heavy (non-hydrogen) atoms. The highest BCUT2D eigenvalue weighted by atomic mass is 15.4. The standard InChI is InChI=1S/C12H16N2/c1-11(13-14(2)3)9-10-12-7-5-4-6-8-12/h4-10H,1-3H3/b10-9+,13-11+. The van der Waals surface area contributed by atoms with Gasteiger partial charge in [0.1, 0.15) is 0 Å². The molecule has 2 heteroatoms. The minimum absolute atomic E-state index is 0.999. The molecule has 0 fully saturated rings. The lowest BCUT2D eigenvalue weighted by molar-refractivity contribution is 0.438. The van der Waals surface area contributed by atoms with Crippen LogP contribution in [0.25, 0.3) is 6.08 Å². The van der Waals surface area contributed by atoms with Crippen molar-refractivity contribution in [2.24, 2.45) is 5.10 Å². The molecule has 0 aliphatic rings. The molecule has 2 nitrogen and oxygen atoms in total. The zero-order chi connectivity index (χ0) is 10.4. The first-order valence-corrected chi connectivity index (χ1v) is 4.64. The highest BCUT2D eigenvalue weighted by Gasteiger charge is 1.86. The third kappa shape index (κ3) is 3.90. The van der Waals surface area contributed by atoms with Gasteiger partial charge in [-0.25, -0.2) is 0 Å². The fraction of sp³-hybridized carbons (Fsp3) is 0.250. The largest absolute Gasteiger partial charge is 0.303 e. The molecule has 0 N–H and O–H groups in total. The lowest BCUT2D eigenvalue weighted by Crippen LogP contribution is -2.04. The molecule has 0 heterocycles. The average molecular weight is 188 g/mol. The van der Waals surface area contributed by atoms with Gasteiger partial charge < -0.3 is 5.01 Å². The molecule has 0 aliphatic carbocycles. The maximum atomic E-state index is 4.26. The van der Waals surface area contributed by atoms with Gasteiger partial charge in [0, 0.05) is 14.1 Å². The maximum Gasteiger partial charge on any atom is 0.0574 e. The lowest BCUT2D eigenvalue weighted by atomic mass is 10.2. The summed E-state index contributed by atoms with van der Waals surface area (Å²) in [7, 11) is 3.83. The fourth-order valence-electron chi connectivity index (χ4n) is 1.13. The van der Waals surface area contributed by atoms with Gasteiger partial charge >= 0.3 is 0 Å². The van der Waals surface area contributed by atoms with Crippen molar-refractivity contribution < 1.29 is 0 Å². The highest BCUT2D eigenvalue weighted by molar-refractivity contribution is 5.96. The average Bonchev–Trinajstić information content (AvgIpc) is 2.15. The summed E-state index contributed by atoms with van der Waals surface area (Å²) in [6.45, 7) is 1.99. The molecule has 0 amide bonds. The van der Waals surface area contributed by atoms with Crippen LogP contribution >= 0.6 is 0 Å². The molecule has 0 spiro atoms. The van der Waals surface area contributed by atoms with E-state index in [1.54, 1.807) is 5.01 Å². The van der Waals surface area contributed by atoms with Crippen molar-refractivity contribution in [2.45, 2.75) is 6.92 Å². The van der Waals surface area contributed by atoms with Crippen molar-refractivity contribution in [3.05, 3.63) is 42.0 Å². The van der Waals surface area contributed by atoms with E-state index in [1.807, 2.05) is 45.3 Å². The van der Waals surface area contributed by atoms with E-state index in [0.29, 0.717) is 0 Å². The topological polar surface area (TPSA) is 15.6 Å². The summed E-state index contributed by atoms with van der Waals surface area (Å²) in [6.07, 6.45) is 4.07. The first-order chi connectivity index (χ1) is 6.68. The van der Waals surface area contributed by atoms with E-state index >= 15 is 0 Å². The Morgan fingerprint density at radius 1 is 1.21 bits per heavy atom. The zero-order valence-corrected chi connectivity index (χ0v) is 8.94. The van der Waals surface area contributed by atoms with Crippen molar-refractivity contribution >= 4 is 11.8 Å². The van der Waals surface area contributed by atoms with Gasteiger partial charge in [-0.05, 0) is 18.6 Å². The Hall–Kier alpha value is -1.57. The van der Waals surface area contributed by atoms with Gasteiger partial charge in [-0.15, -0.1) is 0 Å². The van der Waals surface area contributed by atoms with Crippen LogP contribution in [0, 0.1) is 0 Å². The van der Waals surface area contributed by atoms with Gasteiger partial charge in [0.25, 0.3) is 0 Å². The van der Waals surface area contributed by atoms with Crippen molar-refractivity contribution in [2.75, 3.05) is 14.1 Å². The SMILES string of the molecule is CC(/C=C/c1ccccc1)=N\N(C)C. The van der Waals surface area contributed by atoms with Crippen LogP contribution in [0.1, 0.15) is 12.5 Å². The van der Waals surface area contributed by atoms with E-state index < -0.39 is 0 Å². The van der Waals surface area contributed by atoms with Gasteiger partial charge in [-0.2, -0.15) is 5.10 Å². The van der Waals surface area contributed by atoms with Gasteiger partial charge in [0.05, 0.1) is 5.71 Å². The van der Waals surface area contributed by atoms with Gasteiger partial charge in [-0.1, -0.05) is 36.4 Å². The number of hydrogen-bond donors (Lipinski definition) is 0. The van der Waals surface area contributed by atoms with Crippen LogP contribution < -0.4 is 0 Å². The zero-order valence-electron chi connectivity index (χ0n) is 8.94. The van der Waals surface area contributed by atoms with Crippen LogP contribution in [0.2, 0.25) is 0 Å². The lowest BCUT2D eigenvalue weighted by Gasteiger charge is -2.03. The molecule has 1 aromatic carbocycles. The molecular formula is C12H16N2. The van der Waals surface area contributed by atoms with E-state index in [2.05, 4.69) is 23.3 Å². The number of rotatable bonds is 3. The number of nitrogens with zero attached hydrogens (tertiary/aromatic N) is 2. The van der Waals surface area contributed by atoms with Gasteiger partial charge in [-0.3, -0.25) is 0 Å². The molecule has 1 rings (SSSR count). The predicted octanol–water partition coefficient (Wildman–Crippen LogP) is 2.64. The fourth-order valence-corrected chi connectivity index (χ4v) is 1.13. The minimum atomic E-state index is 0.999. The third-order valence-electron chi connectivity index (χ3n) is 1.67. The summed E-state index contributed by atoms with van der Waals surface area (Å²) in [4.78, 5) is 0. The molecule has 0 saturated heterocycles. The molecule has 0 bridgehead atoms. The number of hydrazone groups is 1. The monoisotopic (exact) mass is 188 g/mol. The molecule has 0 unspecified atom stereocenters. The van der Waals surface area contributed by atoms with Gasteiger partial charge in [0.15, 0.2) is 0 Å². The highest BCUT2D eigenvalue weighted by Crippen LogP contribution is 2.01. The number of hydrogen-bond acceptors (Lipinski definition) is 2. The molecular weight excluding hydrogens is 172 g/mol. The van der Waals surface area contributed by atoms with Crippen LogP contribution in [0.4, 0.5) is 0 Å². The van der Waals surface area contributed by atoms with E-state index in [4.69, 9.17) is 0 Å². The Morgan fingerprint density at radius 3 is 2.43 bits per heavy atom. The van der Waals surface area contributed by atoms with Gasteiger partial charge in [0.2, 0.25) is 0 Å². The van der Waals surface area contributed by atoms with Crippen LogP contribution in [-0.2, 0) is 0 Å². The van der Waals surface area contributed by atoms with Crippen LogP contribution in [0.15, 0.2) is 41.5 Å². The summed E-state index contributed by atoms with van der Waals surface area (Å²) in [6, 6.07) is 10.2. The molecule has 0 atom stereocenters. The van der Waals surface area contributed by atoms with Crippen molar-refractivity contribution in [1.29, 1.82) is 0 Å². The molecule has 0 aromatic heterocycles. The Balaban J connectivity index is 2.65. The van der Waals surface area contributed by atoms with E-state index in [1.165, 1.54) is 5.56 Å². The second-order valence-corrected chi connectivity index (χ2v) is 3.33.